The number of hydrogen-bond donors (Lipinski definition) is 1. The quantitative estimate of drug-likeness (QED) is 0.906. The highest BCUT2D eigenvalue weighted by molar-refractivity contribution is 5.94. The predicted octanol–water partition coefficient (Wildman–Crippen LogP) is 2.92. The van der Waals surface area contributed by atoms with E-state index in [1.165, 1.54) is 12.8 Å². The van der Waals surface area contributed by atoms with Gasteiger partial charge in [0.1, 0.15) is 12.4 Å². The summed E-state index contributed by atoms with van der Waals surface area (Å²) in [5.41, 5.74) is 0.700. The molecule has 0 unspecified atom stereocenters. The summed E-state index contributed by atoms with van der Waals surface area (Å²) < 4.78 is 11.2. The van der Waals surface area contributed by atoms with Gasteiger partial charge in [0.15, 0.2) is 0 Å². The van der Waals surface area contributed by atoms with E-state index in [1.54, 1.807) is 0 Å². The fourth-order valence-corrected chi connectivity index (χ4v) is 3.01. The Kier molecular flexibility index (Phi) is 4.76. The number of carbonyl (C=O) groups is 1. The van der Waals surface area contributed by atoms with Gasteiger partial charge in [0.05, 0.1) is 6.10 Å². The second-order valence-electron chi connectivity index (χ2n) is 5.93. The molecule has 4 heteroatoms. The minimum Gasteiger partial charge on any atom is -0.491 e. The SMILES string of the molecule is O=C(NC1CCCC1)c1ccc(OC[C@@H]2CCCO2)cc1. The van der Waals surface area contributed by atoms with E-state index >= 15 is 0 Å². The number of carbonyl (C=O) groups excluding carboxylic acids is 1. The molecule has 3 rings (SSSR count). The van der Waals surface area contributed by atoms with Crippen LogP contribution in [0.1, 0.15) is 48.9 Å². The van der Waals surface area contributed by atoms with Crippen molar-refractivity contribution in [3.63, 3.8) is 0 Å². The highest BCUT2D eigenvalue weighted by atomic mass is 16.5. The van der Waals surface area contributed by atoms with Crippen molar-refractivity contribution >= 4 is 5.91 Å². The number of amides is 1. The molecule has 1 aliphatic heterocycles. The molecule has 114 valence electrons. The summed E-state index contributed by atoms with van der Waals surface area (Å²) in [6.45, 7) is 1.43. The maximum Gasteiger partial charge on any atom is 0.251 e. The van der Waals surface area contributed by atoms with E-state index in [-0.39, 0.29) is 12.0 Å². The van der Waals surface area contributed by atoms with Crippen LogP contribution in [0.5, 0.6) is 5.75 Å². The van der Waals surface area contributed by atoms with Crippen molar-refractivity contribution in [3.8, 4) is 5.75 Å². The van der Waals surface area contributed by atoms with Crippen LogP contribution in [-0.2, 0) is 4.74 Å². The maximum absolute atomic E-state index is 12.1. The lowest BCUT2D eigenvalue weighted by Gasteiger charge is -2.13. The van der Waals surface area contributed by atoms with Crippen molar-refractivity contribution in [1.29, 1.82) is 0 Å². The molecule has 0 aromatic heterocycles. The Bertz CT molecular complexity index is 459. The van der Waals surface area contributed by atoms with Gasteiger partial charge < -0.3 is 14.8 Å². The average Bonchev–Trinajstić information content (AvgIpc) is 3.19. The molecule has 1 saturated carbocycles. The van der Waals surface area contributed by atoms with E-state index in [1.807, 2.05) is 24.3 Å². The zero-order valence-electron chi connectivity index (χ0n) is 12.3. The van der Waals surface area contributed by atoms with Crippen molar-refractivity contribution in [2.24, 2.45) is 0 Å². The molecular weight excluding hydrogens is 266 g/mol. The van der Waals surface area contributed by atoms with E-state index in [9.17, 15) is 4.79 Å². The second-order valence-corrected chi connectivity index (χ2v) is 5.93. The van der Waals surface area contributed by atoms with Crippen molar-refractivity contribution < 1.29 is 14.3 Å². The molecular formula is C17H23NO3. The van der Waals surface area contributed by atoms with Gasteiger partial charge in [0, 0.05) is 18.2 Å². The monoisotopic (exact) mass is 289 g/mol. The third-order valence-electron chi connectivity index (χ3n) is 4.27. The number of ether oxygens (including phenoxy) is 2. The lowest BCUT2D eigenvalue weighted by molar-refractivity contribution is 0.0679. The molecule has 21 heavy (non-hydrogen) atoms. The molecule has 0 spiro atoms. The fourth-order valence-electron chi connectivity index (χ4n) is 3.01. The third kappa shape index (κ3) is 3.97. The Morgan fingerprint density at radius 1 is 1.14 bits per heavy atom. The molecule has 1 atom stereocenters. The Balaban J connectivity index is 1.49. The van der Waals surface area contributed by atoms with Gasteiger partial charge >= 0.3 is 0 Å². The Morgan fingerprint density at radius 3 is 2.57 bits per heavy atom. The summed E-state index contributed by atoms with van der Waals surface area (Å²) in [4.78, 5) is 12.1. The number of rotatable bonds is 5. The van der Waals surface area contributed by atoms with Gasteiger partial charge in [-0.25, -0.2) is 0 Å². The van der Waals surface area contributed by atoms with Gasteiger partial charge in [-0.15, -0.1) is 0 Å². The molecule has 4 nitrogen and oxygen atoms in total. The minimum absolute atomic E-state index is 0.0209. The van der Waals surface area contributed by atoms with Crippen molar-refractivity contribution in [2.75, 3.05) is 13.2 Å². The zero-order valence-corrected chi connectivity index (χ0v) is 12.3. The van der Waals surface area contributed by atoms with Gasteiger partial charge in [-0.05, 0) is 49.9 Å². The van der Waals surface area contributed by atoms with Gasteiger partial charge in [-0.3, -0.25) is 4.79 Å². The summed E-state index contributed by atoms with van der Waals surface area (Å²) in [5, 5.41) is 3.09. The molecule has 2 fully saturated rings. The van der Waals surface area contributed by atoms with E-state index in [4.69, 9.17) is 9.47 Å². The molecule has 0 bridgehead atoms. The van der Waals surface area contributed by atoms with Crippen LogP contribution in [0.3, 0.4) is 0 Å². The zero-order chi connectivity index (χ0) is 14.5. The molecule has 1 aromatic rings. The van der Waals surface area contributed by atoms with Gasteiger partial charge in [-0.2, -0.15) is 0 Å². The first-order valence-corrected chi connectivity index (χ1v) is 7.96. The topological polar surface area (TPSA) is 47.6 Å². The first-order chi connectivity index (χ1) is 10.3. The highest BCUT2D eigenvalue weighted by Crippen LogP contribution is 2.19. The van der Waals surface area contributed by atoms with Crippen LogP contribution in [0.15, 0.2) is 24.3 Å². The Labute approximate surface area is 125 Å². The summed E-state index contributed by atoms with van der Waals surface area (Å²) >= 11 is 0. The molecule has 0 radical (unpaired) electrons. The molecule has 1 N–H and O–H groups in total. The fraction of sp³-hybridized carbons (Fsp3) is 0.588. The van der Waals surface area contributed by atoms with Crippen molar-refractivity contribution in [2.45, 2.75) is 50.7 Å². The number of hydrogen-bond acceptors (Lipinski definition) is 3. The number of benzene rings is 1. The average molecular weight is 289 g/mol. The molecule has 1 saturated heterocycles. The van der Waals surface area contributed by atoms with E-state index in [2.05, 4.69) is 5.32 Å². The van der Waals surface area contributed by atoms with E-state index in [0.717, 1.165) is 38.0 Å². The van der Waals surface area contributed by atoms with Crippen LogP contribution in [0.2, 0.25) is 0 Å². The summed E-state index contributed by atoms with van der Waals surface area (Å²) in [7, 11) is 0. The first kappa shape index (κ1) is 14.4. The van der Waals surface area contributed by atoms with E-state index < -0.39 is 0 Å². The predicted molar refractivity (Wildman–Crippen MR) is 80.6 cm³/mol. The standard InChI is InChI=1S/C17H23NO3/c19-17(18-14-4-1-2-5-14)13-7-9-15(10-8-13)21-12-16-6-3-11-20-16/h7-10,14,16H,1-6,11-12H2,(H,18,19)/t16-/m0/s1. The van der Waals surface area contributed by atoms with Crippen LogP contribution >= 0.6 is 0 Å². The molecule has 1 aliphatic carbocycles. The van der Waals surface area contributed by atoms with Crippen LogP contribution in [0.25, 0.3) is 0 Å². The summed E-state index contributed by atoms with van der Waals surface area (Å²) in [6, 6.07) is 7.73. The van der Waals surface area contributed by atoms with Crippen LogP contribution in [0.4, 0.5) is 0 Å². The molecule has 1 heterocycles. The van der Waals surface area contributed by atoms with Crippen LogP contribution in [-0.4, -0.2) is 31.3 Å². The molecule has 2 aliphatic rings. The second kappa shape index (κ2) is 6.94. The largest absolute Gasteiger partial charge is 0.491 e. The van der Waals surface area contributed by atoms with Crippen molar-refractivity contribution in [3.05, 3.63) is 29.8 Å². The summed E-state index contributed by atoms with van der Waals surface area (Å²) in [5.74, 6) is 0.815. The maximum atomic E-state index is 12.1. The lowest BCUT2D eigenvalue weighted by atomic mass is 10.1. The van der Waals surface area contributed by atoms with E-state index in [0.29, 0.717) is 18.2 Å². The number of nitrogens with one attached hydrogen (secondary N) is 1. The Morgan fingerprint density at radius 2 is 1.90 bits per heavy atom. The van der Waals surface area contributed by atoms with Gasteiger partial charge in [-0.1, -0.05) is 12.8 Å². The third-order valence-corrected chi connectivity index (χ3v) is 4.27. The smallest absolute Gasteiger partial charge is 0.251 e. The summed E-state index contributed by atoms with van der Waals surface area (Å²) in [6.07, 6.45) is 7.07. The van der Waals surface area contributed by atoms with Gasteiger partial charge in [0.25, 0.3) is 5.91 Å². The highest BCUT2D eigenvalue weighted by Gasteiger charge is 2.18. The van der Waals surface area contributed by atoms with Crippen molar-refractivity contribution in [1.82, 2.24) is 5.32 Å². The van der Waals surface area contributed by atoms with Gasteiger partial charge in [0.2, 0.25) is 0 Å². The minimum atomic E-state index is 0.0209. The van der Waals surface area contributed by atoms with Crippen LogP contribution < -0.4 is 10.1 Å². The molecule has 1 amide bonds. The Hall–Kier alpha value is -1.55. The normalized spacial score (nSPS) is 22.4. The van der Waals surface area contributed by atoms with Crippen LogP contribution in [0, 0.1) is 0 Å². The first-order valence-electron chi connectivity index (χ1n) is 7.96. The molecule has 1 aromatic carbocycles. The lowest BCUT2D eigenvalue weighted by Crippen LogP contribution is -2.32.